The standard InChI is InChI=1S/C62H111NO3/c1-3-5-7-9-11-13-15-17-19-21-23-25-27-28-29-30-31-32-33-34-36-37-39-41-43-45-47-49-51-53-55-57-61(65)60(59-64)63-62(66)58-56-54-52-50-48-46-44-42-40-38-35-26-24-22-20-18-16-14-12-10-8-6-4-2/h6,8,12,14,18,20,24,26,39,41,47,49,55,57,60-61,64-65H,3-5,7,9-11,13,15-17,19,21-23,25,27-38,40,42-46,48,50-54,56,58-59H2,1-2H3,(H,63,66)/b8-6-,14-12-,20-18-,26-24-,41-39+,49-47+,57-55+. The van der Waals surface area contributed by atoms with Gasteiger partial charge in [0, 0.05) is 6.42 Å². The summed E-state index contributed by atoms with van der Waals surface area (Å²) < 4.78 is 0. The fraction of sp³-hybridized carbons (Fsp3) is 0.758. The van der Waals surface area contributed by atoms with Gasteiger partial charge in [0.15, 0.2) is 0 Å². The summed E-state index contributed by atoms with van der Waals surface area (Å²) in [6.45, 7) is 4.20. The average Bonchev–Trinajstić information content (AvgIpc) is 3.32. The number of carbonyl (C=O) groups excluding carboxylic acids is 1. The largest absolute Gasteiger partial charge is 0.394 e. The van der Waals surface area contributed by atoms with Crippen LogP contribution in [0.4, 0.5) is 0 Å². The molecular weight excluding hydrogens is 807 g/mol. The lowest BCUT2D eigenvalue weighted by Gasteiger charge is -2.19. The van der Waals surface area contributed by atoms with Crippen molar-refractivity contribution in [2.24, 2.45) is 0 Å². The van der Waals surface area contributed by atoms with Crippen LogP contribution in [0.5, 0.6) is 0 Å². The number of nitrogens with one attached hydrogen (secondary N) is 1. The van der Waals surface area contributed by atoms with E-state index in [1.54, 1.807) is 6.08 Å². The van der Waals surface area contributed by atoms with Gasteiger partial charge < -0.3 is 15.5 Å². The zero-order valence-corrected chi connectivity index (χ0v) is 43.9. The van der Waals surface area contributed by atoms with E-state index in [1.807, 2.05) is 6.08 Å². The van der Waals surface area contributed by atoms with Crippen LogP contribution in [0.15, 0.2) is 85.1 Å². The number of amides is 1. The van der Waals surface area contributed by atoms with E-state index in [1.165, 1.54) is 199 Å². The van der Waals surface area contributed by atoms with Gasteiger partial charge in [-0.2, -0.15) is 0 Å². The summed E-state index contributed by atoms with van der Waals surface area (Å²) in [5, 5.41) is 23.1. The number of aliphatic hydroxyl groups excluding tert-OH is 2. The van der Waals surface area contributed by atoms with Crippen molar-refractivity contribution >= 4 is 5.91 Å². The van der Waals surface area contributed by atoms with E-state index in [4.69, 9.17) is 0 Å². The van der Waals surface area contributed by atoms with Gasteiger partial charge in [0.25, 0.3) is 0 Å². The van der Waals surface area contributed by atoms with Gasteiger partial charge in [-0.3, -0.25) is 4.79 Å². The fourth-order valence-corrected chi connectivity index (χ4v) is 8.50. The molecule has 0 aromatic rings. The van der Waals surface area contributed by atoms with Gasteiger partial charge >= 0.3 is 0 Å². The molecule has 2 unspecified atom stereocenters. The molecule has 3 N–H and O–H groups in total. The second kappa shape index (κ2) is 56.9. The van der Waals surface area contributed by atoms with Crippen LogP contribution >= 0.6 is 0 Å². The third-order valence-corrected chi connectivity index (χ3v) is 12.8. The molecule has 382 valence electrons. The Balaban J connectivity index is 3.57. The number of hydrogen-bond donors (Lipinski definition) is 3. The van der Waals surface area contributed by atoms with Crippen molar-refractivity contribution in [2.75, 3.05) is 6.61 Å². The third kappa shape index (κ3) is 52.5. The summed E-state index contributed by atoms with van der Waals surface area (Å²) in [5.74, 6) is -0.0837. The van der Waals surface area contributed by atoms with E-state index in [2.05, 4.69) is 92.1 Å². The predicted molar refractivity (Wildman–Crippen MR) is 294 cm³/mol. The zero-order valence-electron chi connectivity index (χ0n) is 43.9. The van der Waals surface area contributed by atoms with Crippen molar-refractivity contribution in [3.05, 3.63) is 85.1 Å². The highest BCUT2D eigenvalue weighted by molar-refractivity contribution is 5.76. The number of carbonyl (C=O) groups is 1. The fourth-order valence-electron chi connectivity index (χ4n) is 8.50. The summed E-state index contributed by atoms with van der Waals surface area (Å²) in [7, 11) is 0. The van der Waals surface area contributed by atoms with Crippen LogP contribution < -0.4 is 5.32 Å². The van der Waals surface area contributed by atoms with Crippen LogP contribution in [0, 0.1) is 0 Å². The zero-order chi connectivity index (χ0) is 47.7. The SMILES string of the molecule is CC/C=C\C/C=C\C/C=C\C/C=C\CCCCCCCCCCCCC(=O)NC(CO)C(O)/C=C/CC/C=C/CC/C=C/CCCCCCCCCCCCCCCCCCCCCCC. The molecule has 0 aliphatic heterocycles. The highest BCUT2D eigenvalue weighted by Crippen LogP contribution is 2.16. The van der Waals surface area contributed by atoms with E-state index < -0.39 is 12.1 Å². The molecule has 0 fully saturated rings. The first-order valence-electron chi connectivity index (χ1n) is 28.8. The predicted octanol–water partition coefficient (Wildman–Crippen LogP) is 19.1. The summed E-state index contributed by atoms with van der Waals surface area (Å²) in [5.41, 5.74) is 0. The molecule has 0 spiro atoms. The molecule has 1 amide bonds. The van der Waals surface area contributed by atoms with Crippen LogP contribution in [0.1, 0.15) is 284 Å². The Hall–Kier alpha value is -2.43. The van der Waals surface area contributed by atoms with E-state index >= 15 is 0 Å². The van der Waals surface area contributed by atoms with Crippen LogP contribution in [0.3, 0.4) is 0 Å². The summed E-state index contributed by atoms with van der Waals surface area (Å²) in [4.78, 5) is 12.5. The molecule has 4 nitrogen and oxygen atoms in total. The second-order valence-electron chi connectivity index (χ2n) is 19.3. The lowest BCUT2D eigenvalue weighted by Crippen LogP contribution is -2.45. The quantitative estimate of drug-likeness (QED) is 0.0421. The first kappa shape index (κ1) is 63.6. The molecule has 0 heterocycles. The Morgan fingerprint density at radius 1 is 0.379 bits per heavy atom. The van der Waals surface area contributed by atoms with Crippen LogP contribution in [0.2, 0.25) is 0 Å². The maximum Gasteiger partial charge on any atom is 0.220 e. The van der Waals surface area contributed by atoms with Crippen molar-refractivity contribution in [1.82, 2.24) is 5.32 Å². The lowest BCUT2D eigenvalue weighted by molar-refractivity contribution is -0.123. The van der Waals surface area contributed by atoms with E-state index in [9.17, 15) is 15.0 Å². The molecular formula is C62H111NO3. The van der Waals surface area contributed by atoms with E-state index in [-0.39, 0.29) is 12.5 Å². The number of allylic oxidation sites excluding steroid dienone is 13. The van der Waals surface area contributed by atoms with Gasteiger partial charge in [0.2, 0.25) is 5.91 Å². The number of unbranched alkanes of at least 4 members (excludes halogenated alkanes) is 33. The highest BCUT2D eigenvalue weighted by atomic mass is 16.3. The third-order valence-electron chi connectivity index (χ3n) is 12.8. The lowest BCUT2D eigenvalue weighted by atomic mass is 10.0. The summed E-state index contributed by atoms with van der Waals surface area (Å²) in [6, 6.07) is -0.654. The summed E-state index contributed by atoms with van der Waals surface area (Å²) in [6.07, 6.45) is 83.3. The van der Waals surface area contributed by atoms with Gasteiger partial charge in [-0.1, -0.05) is 279 Å². The number of aliphatic hydroxyl groups is 2. The van der Waals surface area contributed by atoms with Crippen LogP contribution in [0.25, 0.3) is 0 Å². The van der Waals surface area contributed by atoms with E-state index in [0.717, 1.165) is 64.2 Å². The van der Waals surface area contributed by atoms with Gasteiger partial charge in [-0.15, -0.1) is 0 Å². The van der Waals surface area contributed by atoms with Gasteiger partial charge in [0.05, 0.1) is 18.8 Å². The molecule has 0 radical (unpaired) electrons. The Labute approximate surface area is 411 Å². The van der Waals surface area contributed by atoms with Crippen LogP contribution in [-0.4, -0.2) is 34.9 Å². The first-order chi connectivity index (χ1) is 32.7. The maximum atomic E-state index is 12.5. The Morgan fingerprint density at radius 3 is 1.06 bits per heavy atom. The molecule has 0 aromatic carbocycles. The van der Waals surface area contributed by atoms with Crippen LogP contribution in [-0.2, 0) is 4.79 Å². The molecule has 2 atom stereocenters. The molecule has 0 aliphatic rings. The molecule has 4 heteroatoms. The molecule has 0 aliphatic carbocycles. The smallest absolute Gasteiger partial charge is 0.220 e. The number of hydrogen-bond acceptors (Lipinski definition) is 3. The highest BCUT2D eigenvalue weighted by Gasteiger charge is 2.18. The average molecular weight is 919 g/mol. The molecule has 0 rings (SSSR count). The number of rotatable bonds is 52. The Morgan fingerprint density at radius 2 is 0.682 bits per heavy atom. The van der Waals surface area contributed by atoms with Crippen molar-refractivity contribution < 1.29 is 15.0 Å². The van der Waals surface area contributed by atoms with Gasteiger partial charge in [-0.05, 0) is 83.5 Å². The summed E-state index contributed by atoms with van der Waals surface area (Å²) >= 11 is 0. The normalized spacial score (nSPS) is 13.5. The topological polar surface area (TPSA) is 69.6 Å². The minimum Gasteiger partial charge on any atom is -0.394 e. The van der Waals surface area contributed by atoms with Crippen molar-refractivity contribution in [3.8, 4) is 0 Å². The molecule has 0 aromatic heterocycles. The molecule has 0 saturated carbocycles. The first-order valence-corrected chi connectivity index (χ1v) is 28.8. The molecule has 0 bridgehead atoms. The minimum atomic E-state index is -0.878. The Bertz CT molecular complexity index is 1180. The Kier molecular flexibility index (Phi) is 54.8. The van der Waals surface area contributed by atoms with Gasteiger partial charge in [0.1, 0.15) is 0 Å². The second-order valence-corrected chi connectivity index (χ2v) is 19.3. The van der Waals surface area contributed by atoms with Crippen molar-refractivity contribution in [2.45, 2.75) is 296 Å². The van der Waals surface area contributed by atoms with Crippen molar-refractivity contribution in [1.29, 1.82) is 0 Å². The van der Waals surface area contributed by atoms with E-state index in [0.29, 0.717) is 6.42 Å². The van der Waals surface area contributed by atoms with Crippen molar-refractivity contribution in [3.63, 3.8) is 0 Å². The minimum absolute atomic E-state index is 0.0837. The molecule has 66 heavy (non-hydrogen) atoms. The van der Waals surface area contributed by atoms with Gasteiger partial charge in [-0.25, -0.2) is 0 Å². The molecule has 0 saturated heterocycles. The monoisotopic (exact) mass is 918 g/mol. The maximum absolute atomic E-state index is 12.5.